The van der Waals surface area contributed by atoms with Gasteiger partial charge in [-0.1, -0.05) is 31.0 Å². The summed E-state index contributed by atoms with van der Waals surface area (Å²) in [6, 6.07) is 7.38. The second-order valence-electron chi connectivity index (χ2n) is 17.7. The standard InChI is InChI=1S/C19H15FN2O4.C15H22ClNO2.C9H16ClN5.C5H12NO4P/c1-2-7-21-15-9-14(13(20)8-16(15)26-10-17(21)23)22-18(24)11-5-3-4-6-12(11)19(22)25;1-5-13-8-6-7-11(2)15(13)17(14(18)9-16)12(3)10-19-4;1-5-11-7-12-6(10)13-8(14-7)15-9(2,3)4;1-11(9,10)3-2-4(6)5(7)8/h1,8-9H,3-7,10H2;6-8,12H,5,9-10H2,1-4H3;5H2,1-4H3,(H2,11,12,13,14,15);4H,2-3,6H2,1H3,(H,7,8)(H,9,10). The first-order chi connectivity index (χ1) is 33.3. The quantitative estimate of drug-likeness (QED) is 0.0446. The number of aromatic nitrogens is 3. The fourth-order valence-corrected chi connectivity index (χ4v) is 8.45. The van der Waals surface area contributed by atoms with Gasteiger partial charge in [-0.3, -0.25) is 33.4 Å². The van der Waals surface area contributed by atoms with E-state index in [9.17, 15) is 32.9 Å². The third-order valence-corrected chi connectivity index (χ3v) is 12.1. The molecule has 0 spiro atoms. The van der Waals surface area contributed by atoms with Crippen LogP contribution in [-0.4, -0.2) is 124 Å². The lowest BCUT2D eigenvalue weighted by Crippen LogP contribution is -2.43. The van der Waals surface area contributed by atoms with E-state index in [1.807, 2.05) is 53.7 Å². The number of anilines is 5. The molecule has 3 atom stereocenters. The van der Waals surface area contributed by atoms with Gasteiger partial charge >= 0.3 is 5.97 Å². The van der Waals surface area contributed by atoms with Crippen molar-refractivity contribution in [3.8, 4) is 18.1 Å². The highest BCUT2D eigenvalue weighted by atomic mass is 35.5. The number of carbonyl (C=O) groups excluding carboxylic acids is 4. The molecule has 6 N–H and O–H groups in total. The molecule has 388 valence electrons. The summed E-state index contributed by atoms with van der Waals surface area (Å²) in [6.45, 7) is 16.3. The molecule has 2 aliphatic heterocycles. The summed E-state index contributed by atoms with van der Waals surface area (Å²) >= 11 is 11.5. The minimum atomic E-state index is -3.10. The van der Waals surface area contributed by atoms with Gasteiger partial charge in [0, 0.05) is 49.2 Å². The summed E-state index contributed by atoms with van der Waals surface area (Å²) in [4.78, 5) is 84.5. The van der Waals surface area contributed by atoms with Gasteiger partial charge in [0.1, 0.15) is 17.7 Å². The van der Waals surface area contributed by atoms with E-state index in [1.54, 1.807) is 12.0 Å². The predicted molar refractivity (Wildman–Crippen MR) is 274 cm³/mol. The SMILES string of the molecule is C#CCN1C(=O)COc2cc(F)c(N3C(=O)C4=C(CCCC4)C3=O)cc21.CCNc1nc(Cl)nc(NC(C)(C)C)n1.CCc1cccc(C)c1N(C(=O)CCl)C(C)COC.CP(=O)(O)CCC(N)C(=O)O. The van der Waals surface area contributed by atoms with Crippen LogP contribution in [0.25, 0.3) is 0 Å². The lowest BCUT2D eigenvalue weighted by atomic mass is 9.93. The number of aliphatic carboxylic acids is 1. The third kappa shape index (κ3) is 17.3. The molecule has 1 aromatic heterocycles. The smallest absolute Gasteiger partial charge is 0.320 e. The Hall–Kier alpha value is -5.68. The van der Waals surface area contributed by atoms with Gasteiger partial charge in [0.15, 0.2) is 19.8 Å². The number of benzene rings is 2. The minimum absolute atomic E-state index is 0.0170. The Morgan fingerprint density at radius 3 is 2.23 bits per heavy atom. The number of nitrogens with zero attached hydrogens (tertiary/aromatic N) is 6. The van der Waals surface area contributed by atoms with Gasteiger partial charge in [0.05, 0.1) is 36.3 Å². The number of carboxylic acid groups (broad SMARTS) is 1. The number of ether oxygens (including phenoxy) is 2. The van der Waals surface area contributed by atoms with Crippen LogP contribution >= 0.6 is 30.6 Å². The van der Waals surface area contributed by atoms with Crippen LogP contribution in [0.2, 0.25) is 5.28 Å². The van der Waals surface area contributed by atoms with Crippen molar-refractivity contribution >= 4 is 89.1 Å². The normalized spacial score (nSPS) is 15.6. The molecular weight excluding hydrogens is 983 g/mol. The zero-order valence-corrected chi connectivity index (χ0v) is 44.0. The van der Waals surface area contributed by atoms with Gasteiger partial charge in [-0.05, 0) is 109 Å². The Kier molecular flexibility index (Phi) is 22.9. The van der Waals surface area contributed by atoms with Gasteiger partial charge in [-0.15, -0.1) is 18.0 Å². The number of amides is 4. The van der Waals surface area contributed by atoms with Crippen molar-refractivity contribution in [3.05, 3.63) is 63.7 Å². The molecule has 3 unspecified atom stereocenters. The predicted octanol–water partition coefficient (Wildman–Crippen LogP) is 6.95. The summed E-state index contributed by atoms with van der Waals surface area (Å²) < 4.78 is 35.8. The molecule has 1 aliphatic carbocycles. The lowest BCUT2D eigenvalue weighted by molar-refractivity contribution is -0.138. The molecule has 0 saturated heterocycles. The summed E-state index contributed by atoms with van der Waals surface area (Å²) in [5.41, 5.74) is 9.19. The fourth-order valence-electron chi connectivity index (χ4n) is 7.41. The summed E-state index contributed by atoms with van der Waals surface area (Å²) in [5.74, 6) is 0.130. The summed E-state index contributed by atoms with van der Waals surface area (Å²) in [6.07, 6.45) is 8.89. The number of terminal acetylenes is 1. The molecule has 19 nitrogen and oxygen atoms in total. The van der Waals surface area contributed by atoms with Crippen LogP contribution in [0.1, 0.15) is 84.8 Å². The van der Waals surface area contributed by atoms with E-state index < -0.39 is 37.0 Å². The molecule has 71 heavy (non-hydrogen) atoms. The average Bonchev–Trinajstić information content (AvgIpc) is 3.54. The maximum Gasteiger partial charge on any atom is 0.320 e. The number of nitrogens with two attached hydrogens (primary N) is 1. The van der Waals surface area contributed by atoms with Crippen LogP contribution in [0.5, 0.6) is 5.75 Å². The van der Waals surface area contributed by atoms with E-state index in [0.29, 0.717) is 42.5 Å². The summed E-state index contributed by atoms with van der Waals surface area (Å²) in [7, 11) is -1.47. The van der Waals surface area contributed by atoms with E-state index >= 15 is 0 Å². The lowest BCUT2D eigenvalue weighted by Gasteiger charge is -2.31. The van der Waals surface area contributed by atoms with Crippen LogP contribution in [-0.2, 0) is 39.7 Å². The van der Waals surface area contributed by atoms with E-state index in [-0.39, 0.29) is 77.4 Å². The fraction of sp³-hybridized carbons (Fsp3) is 0.500. The number of aryl methyl sites for hydroxylation is 2. The second-order valence-corrected chi connectivity index (χ2v) is 20.8. The van der Waals surface area contributed by atoms with E-state index in [4.69, 9.17) is 54.8 Å². The molecule has 23 heteroatoms. The number of nitrogens with one attached hydrogen (secondary N) is 2. The molecular formula is C48H65Cl2FN9O10P. The number of carboxylic acids is 1. The van der Waals surface area contributed by atoms with Gasteiger partial charge in [0.25, 0.3) is 17.7 Å². The van der Waals surface area contributed by atoms with Crippen LogP contribution in [0.15, 0.2) is 41.5 Å². The Labute approximate surface area is 424 Å². The van der Waals surface area contributed by atoms with Crippen molar-refractivity contribution in [2.45, 2.75) is 105 Å². The second kappa shape index (κ2) is 27.2. The zero-order valence-electron chi connectivity index (χ0n) is 41.6. The Morgan fingerprint density at radius 1 is 1.08 bits per heavy atom. The van der Waals surface area contributed by atoms with Crippen molar-refractivity contribution in [3.63, 3.8) is 0 Å². The minimum Gasteiger partial charge on any atom is -0.481 e. The van der Waals surface area contributed by atoms with Crippen molar-refractivity contribution in [1.29, 1.82) is 0 Å². The molecule has 3 heterocycles. The molecule has 3 aromatic rings. The number of imide groups is 1. The van der Waals surface area contributed by atoms with Gasteiger partial charge in [-0.25, -0.2) is 9.29 Å². The molecule has 2 aromatic carbocycles. The van der Waals surface area contributed by atoms with Gasteiger partial charge < -0.3 is 40.7 Å². The van der Waals surface area contributed by atoms with Crippen LogP contribution in [0, 0.1) is 25.1 Å². The Bertz CT molecular complexity index is 2500. The molecule has 6 rings (SSSR count). The van der Waals surface area contributed by atoms with Crippen molar-refractivity contribution in [2.24, 2.45) is 5.73 Å². The van der Waals surface area contributed by atoms with Crippen LogP contribution in [0.4, 0.5) is 33.3 Å². The van der Waals surface area contributed by atoms with E-state index in [1.165, 1.54) is 17.6 Å². The highest BCUT2D eigenvalue weighted by Crippen LogP contribution is 2.42. The first-order valence-electron chi connectivity index (χ1n) is 22.8. The number of rotatable bonds is 15. The molecule has 3 aliphatic rings. The van der Waals surface area contributed by atoms with Gasteiger partial charge in [0.2, 0.25) is 23.1 Å². The monoisotopic (exact) mass is 1050 g/mol. The maximum absolute atomic E-state index is 14.7. The van der Waals surface area contributed by atoms with Crippen molar-refractivity contribution < 1.29 is 52.4 Å². The average molecular weight is 1050 g/mol. The first-order valence-corrected chi connectivity index (χ1v) is 26.0. The molecule has 0 saturated carbocycles. The number of hydrogen-bond donors (Lipinski definition) is 5. The van der Waals surface area contributed by atoms with Crippen molar-refractivity contribution in [1.82, 2.24) is 15.0 Å². The Morgan fingerprint density at radius 2 is 1.70 bits per heavy atom. The highest BCUT2D eigenvalue weighted by molar-refractivity contribution is 7.57. The maximum atomic E-state index is 14.7. The first kappa shape index (κ1) is 59.6. The number of alkyl halides is 1. The third-order valence-electron chi connectivity index (χ3n) is 10.6. The highest BCUT2D eigenvalue weighted by Gasteiger charge is 2.42. The zero-order chi connectivity index (χ0) is 53.4. The number of halogens is 3. The topological polar surface area (TPSA) is 260 Å². The van der Waals surface area contributed by atoms with Crippen LogP contribution < -0.4 is 35.8 Å². The molecule has 0 bridgehead atoms. The number of methoxy groups -OCH3 is 1. The summed E-state index contributed by atoms with van der Waals surface area (Å²) in [5, 5.41) is 14.6. The van der Waals surface area contributed by atoms with Gasteiger partial charge in [-0.2, -0.15) is 15.0 Å². The molecule has 4 amide bonds. The van der Waals surface area contributed by atoms with Crippen LogP contribution in [0.3, 0.4) is 0 Å². The Balaban J connectivity index is 0.000000264. The largest absolute Gasteiger partial charge is 0.481 e. The number of carbonyl (C=O) groups is 5. The number of fused-ring (bicyclic) bond motifs is 1. The number of hydrogen-bond acceptors (Lipinski definition) is 14. The molecule has 0 fully saturated rings. The van der Waals surface area contributed by atoms with E-state index in [2.05, 4.69) is 44.5 Å². The molecule has 0 radical (unpaired) electrons. The van der Waals surface area contributed by atoms with Crippen molar-refractivity contribution in [2.75, 3.05) is 77.5 Å². The van der Waals surface area contributed by atoms with E-state index in [0.717, 1.165) is 53.6 Å². The number of para-hydroxylation sites is 1.